The number of hydrogen-bond donors (Lipinski definition) is 3. The van der Waals surface area contributed by atoms with Crippen LogP contribution in [0.1, 0.15) is 5.56 Å². The van der Waals surface area contributed by atoms with Crippen LogP contribution in [0.5, 0.6) is 0 Å². The van der Waals surface area contributed by atoms with Crippen LogP contribution in [0.25, 0.3) is 22.5 Å². The summed E-state index contributed by atoms with van der Waals surface area (Å²) in [4.78, 5) is 8.93. The zero-order valence-corrected chi connectivity index (χ0v) is 22.2. The summed E-state index contributed by atoms with van der Waals surface area (Å²) in [5, 5.41) is 27.9. The molecule has 2 aromatic heterocycles. The van der Waals surface area contributed by atoms with Gasteiger partial charge in [0.05, 0.1) is 34.5 Å². The van der Waals surface area contributed by atoms with Gasteiger partial charge >= 0.3 is 0 Å². The molecular weight excluding hydrogens is 560 g/mol. The SMILES string of the molecule is N#Cc1cnc(Nc2ccccc2NC(=S)Nc2ccc(-c3ccccc3)nn2)nc1-c1ccc(Br)cc1. The van der Waals surface area contributed by atoms with Crippen LogP contribution in [0.4, 0.5) is 23.1 Å². The number of para-hydroxylation sites is 2. The number of nitriles is 1. The number of nitrogens with one attached hydrogen (secondary N) is 3. The zero-order valence-electron chi connectivity index (χ0n) is 19.8. The fourth-order valence-corrected chi connectivity index (χ4v) is 4.08. The molecule has 184 valence electrons. The average Bonchev–Trinajstić information content (AvgIpc) is 2.95. The van der Waals surface area contributed by atoms with Gasteiger partial charge in [-0.1, -0.05) is 70.5 Å². The van der Waals surface area contributed by atoms with Crippen LogP contribution in [-0.2, 0) is 0 Å². The van der Waals surface area contributed by atoms with Crippen LogP contribution >= 0.6 is 28.1 Å². The lowest BCUT2D eigenvalue weighted by Gasteiger charge is -2.15. The Labute approximate surface area is 233 Å². The lowest BCUT2D eigenvalue weighted by Crippen LogP contribution is -2.20. The summed E-state index contributed by atoms with van der Waals surface area (Å²) in [6, 6.07) is 30.8. The lowest BCUT2D eigenvalue weighted by molar-refractivity contribution is 1.05. The molecule has 0 amide bonds. The number of rotatable bonds is 6. The van der Waals surface area contributed by atoms with Gasteiger partial charge in [-0.25, -0.2) is 9.97 Å². The summed E-state index contributed by atoms with van der Waals surface area (Å²) in [6.07, 6.45) is 1.51. The van der Waals surface area contributed by atoms with Crippen molar-refractivity contribution < 1.29 is 0 Å². The normalized spacial score (nSPS) is 10.3. The van der Waals surface area contributed by atoms with Crippen molar-refractivity contribution in [3.8, 4) is 28.6 Å². The molecule has 0 saturated carbocycles. The Kier molecular flexibility index (Phi) is 7.59. The van der Waals surface area contributed by atoms with E-state index in [4.69, 9.17) is 12.2 Å². The first kappa shape index (κ1) is 25.0. The van der Waals surface area contributed by atoms with E-state index < -0.39 is 0 Å². The molecule has 3 aromatic carbocycles. The van der Waals surface area contributed by atoms with Crippen molar-refractivity contribution in [3.63, 3.8) is 0 Å². The maximum atomic E-state index is 9.55. The Morgan fingerprint density at radius 1 is 0.789 bits per heavy atom. The minimum atomic E-state index is 0.345. The summed E-state index contributed by atoms with van der Waals surface area (Å²) in [7, 11) is 0. The van der Waals surface area contributed by atoms with Crippen molar-refractivity contribution in [1.29, 1.82) is 5.26 Å². The second kappa shape index (κ2) is 11.6. The summed E-state index contributed by atoms with van der Waals surface area (Å²) < 4.78 is 0.940. The molecule has 0 aliphatic heterocycles. The molecule has 2 heterocycles. The van der Waals surface area contributed by atoms with Gasteiger partial charge in [0.2, 0.25) is 5.95 Å². The third kappa shape index (κ3) is 5.98. The van der Waals surface area contributed by atoms with Crippen LogP contribution in [-0.4, -0.2) is 25.3 Å². The van der Waals surface area contributed by atoms with E-state index in [2.05, 4.69) is 58.1 Å². The minimum absolute atomic E-state index is 0.345. The Balaban J connectivity index is 1.31. The van der Waals surface area contributed by atoms with Crippen molar-refractivity contribution in [2.45, 2.75) is 0 Å². The second-order valence-corrected chi connectivity index (χ2v) is 9.32. The van der Waals surface area contributed by atoms with E-state index in [-0.39, 0.29) is 0 Å². The summed E-state index contributed by atoms with van der Waals surface area (Å²) in [5.41, 5.74) is 4.90. The molecule has 0 atom stereocenters. The Hall–Kier alpha value is -4.72. The standard InChI is InChI=1S/C28H19BrN8S/c29-21-12-10-19(11-13-21)26-20(16-30)17-31-27(35-26)32-23-8-4-5-9-24(23)33-28(38)34-25-15-14-22(36-37-25)18-6-2-1-3-7-18/h1-15,17H,(H,31,32,35)(H2,33,34,37,38). The van der Waals surface area contributed by atoms with E-state index in [0.717, 1.165) is 21.3 Å². The Morgan fingerprint density at radius 2 is 1.53 bits per heavy atom. The fourth-order valence-electron chi connectivity index (χ4n) is 3.60. The number of thiocarbonyl (C=S) groups is 1. The predicted octanol–water partition coefficient (Wildman–Crippen LogP) is 6.79. The zero-order chi connectivity index (χ0) is 26.3. The second-order valence-electron chi connectivity index (χ2n) is 7.99. The van der Waals surface area contributed by atoms with Crippen LogP contribution in [0, 0.1) is 11.3 Å². The largest absolute Gasteiger partial charge is 0.331 e. The Bertz CT molecular complexity index is 1620. The maximum absolute atomic E-state index is 9.55. The quantitative estimate of drug-likeness (QED) is 0.187. The molecule has 5 rings (SSSR count). The van der Waals surface area contributed by atoms with Crippen LogP contribution in [0.15, 0.2) is 102 Å². The summed E-state index contributed by atoms with van der Waals surface area (Å²) in [6.45, 7) is 0. The van der Waals surface area contributed by atoms with E-state index in [0.29, 0.717) is 39.5 Å². The molecule has 38 heavy (non-hydrogen) atoms. The highest BCUT2D eigenvalue weighted by molar-refractivity contribution is 9.10. The van der Waals surface area contributed by atoms with Gasteiger partial charge in [0.1, 0.15) is 6.07 Å². The number of nitrogens with zero attached hydrogens (tertiary/aromatic N) is 5. The van der Waals surface area contributed by atoms with Gasteiger partial charge in [-0.2, -0.15) is 5.26 Å². The smallest absolute Gasteiger partial charge is 0.227 e. The van der Waals surface area contributed by atoms with Crippen molar-refractivity contribution in [2.24, 2.45) is 0 Å². The molecule has 0 aliphatic rings. The fraction of sp³-hybridized carbons (Fsp3) is 0. The molecule has 10 heteroatoms. The van der Waals surface area contributed by atoms with Crippen molar-refractivity contribution in [1.82, 2.24) is 20.2 Å². The van der Waals surface area contributed by atoms with E-state index in [1.807, 2.05) is 91.0 Å². The molecular formula is C28H19BrN8S. The van der Waals surface area contributed by atoms with Gasteiger partial charge in [-0.3, -0.25) is 0 Å². The lowest BCUT2D eigenvalue weighted by atomic mass is 10.1. The highest BCUT2D eigenvalue weighted by Crippen LogP contribution is 2.27. The van der Waals surface area contributed by atoms with Gasteiger partial charge in [0, 0.05) is 15.6 Å². The first-order chi connectivity index (χ1) is 18.6. The predicted molar refractivity (Wildman–Crippen MR) is 157 cm³/mol. The van der Waals surface area contributed by atoms with Crippen LogP contribution < -0.4 is 16.0 Å². The summed E-state index contributed by atoms with van der Waals surface area (Å²) >= 11 is 8.94. The summed E-state index contributed by atoms with van der Waals surface area (Å²) in [5.74, 6) is 0.861. The van der Waals surface area contributed by atoms with E-state index >= 15 is 0 Å². The van der Waals surface area contributed by atoms with E-state index in [1.54, 1.807) is 0 Å². The van der Waals surface area contributed by atoms with Crippen molar-refractivity contribution in [3.05, 3.63) is 107 Å². The van der Waals surface area contributed by atoms with Gasteiger partial charge in [-0.05, 0) is 48.6 Å². The van der Waals surface area contributed by atoms with Crippen LogP contribution in [0.2, 0.25) is 0 Å². The minimum Gasteiger partial charge on any atom is -0.331 e. The Morgan fingerprint density at radius 3 is 2.24 bits per heavy atom. The molecule has 0 saturated heterocycles. The molecule has 3 N–H and O–H groups in total. The van der Waals surface area contributed by atoms with E-state index in [9.17, 15) is 5.26 Å². The van der Waals surface area contributed by atoms with Gasteiger partial charge in [0.25, 0.3) is 0 Å². The van der Waals surface area contributed by atoms with E-state index in [1.165, 1.54) is 6.20 Å². The maximum Gasteiger partial charge on any atom is 0.227 e. The number of benzene rings is 3. The van der Waals surface area contributed by atoms with Gasteiger partial charge in [-0.15, -0.1) is 10.2 Å². The molecule has 0 aliphatic carbocycles. The number of aromatic nitrogens is 4. The highest BCUT2D eigenvalue weighted by Gasteiger charge is 2.12. The molecule has 0 radical (unpaired) electrons. The van der Waals surface area contributed by atoms with Gasteiger partial charge < -0.3 is 16.0 Å². The average molecular weight is 579 g/mol. The van der Waals surface area contributed by atoms with Crippen LogP contribution in [0.3, 0.4) is 0 Å². The number of halogens is 1. The molecule has 8 nitrogen and oxygen atoms in total. The highest BCUT2D eigenvalue weighted by atomic mass is 79.9. The van der Waals surface area contributed by atoms with Gasteiger partial charge in [0.15, 0.2) is 10.9 Å². The molecule has 5 aromatic rings. The molecule has 0 spiro atoms. The molecule has 0 unspecified atom stereocenters. The van der Waals surface area contributed by atoms with Crippen molar-refractivity contribution >= 4 is 56.4 Å². The monoisotopic (exact) mass is 578 g/mol. The third-order valence-corrected chi connectivity index (χ3v) is 6.16. The third-order valence-electron chi connectivity index (χ3n) is 5.42. The first-order valence-corrected chi connectivity index (χ1v) is 12.7. The number of anilines is 4. The first-order valence-electron chi connectivity index (χ1n) is 11.5. The molecule has 0 bridgehead atoms. The van der Waals surface area contributed by atoms with Crippen molar-refractivity contribution in [2.75, 3.05) is 16.0 Å². The number of hydrogen-bond acceptors (Lipinski definition) is 7. The topological polar surface area (TPSA) is 111 Å². The molecule has 0 fully saturated rings.